The molecule has 3 aromatic rings. The summed E-state index contributed by atoms with van der Waals surface area (Å²) in [5, 5.41) is 0.350. The van der Waals surface area contributed by atoms with E-state index in [1.165, 1.54) is 12.7 Å². The zero-order valence-corrected chi connectivity index (χ0v) is 19.3. The lowest BCUT2D eigenvalue weighted by atomic mass is 10.1. The van der Waals surface area contributed by atoms with Gasteiger partial charge in [0.1, 0.15) is 23.3 Å². The molecule has 0 aliphatic heterocycles. The summed E-state index contributed by atoms with van der Waals surface area (Å²) in [6, 6.07) is 13.5. The van der Waals surface area contributed by atoms with Crippen LogP contribution in [0.25, 0.3) is 11.0 Å². The molecule has 0 fully saturated rings. The molecule has 6 heteroatoms. The van der Waals surface area contributed by atoms with Crippen molar-refractivity contribution in [1.82, 2.24) is 0 Å². The lowest BCUT2D eigenvalue weighted by molar-refractivity contribution is 0.0730. The third-order valence-electron chi connectivity index (χ3n) is 4.98. The highest BCUT2D eigenvalue weighted by atomic mass is 16.6. The van der Waals surface area contributed by atoms with Gasteiger partial charge in [0.25, 0.3) is 0 Å². The number of methoxy groups -OCH3 is 1. The van der Waals surface area contributed by atoms with Crippen LogP contribution in [0, 0.1) is 0 Å². The van der Waals surface area contributed by atoms with E-state index in [4.69, 9.17) is 18.6 Å². The molecule has 0 radical (unpaired) electrons. The molecule has 6 nitrogen and oxygen atoms in total. The molecule has 0 saturated carbocycles. The van der Waals surface area contributed by atoms with Crippen LogP contribution in [-0.4, -0.2) is 19.7 Å². The number of benzene rings is 2. The van der Waals surface area contributed by atoms with E-state index < -0.39 is 11.6 Å². The Kier molecular flexibility index (Phi) is 8.08. The first kappa shape index (κ1) is 23.9. The van der Waals surface area contributed by atoms with Gasteiger partial charge in [0.15, 0.2) is 5.75 Å². The largest absolute Gasteiger partial charge is 0.496 e. The first-order chi connectivity index (χ1) is 15.9. The van der Waals surface area contributed by atoms with Gasteiger partial charge in [-0.1, -0.05) is 41.5 Å². The monoisotopic (exact) mass is 448 g/mol. The zero-order valence-electron chi connectivity index (χ0n) is 19.3. The number of hydrogen-bond donors (Lipinski definition) is 0. The van der Waals surface area contributed by atoms with Gasteiger partial charge in [0.05, 0.1) is 12.7 Å². The molecule has 1 heterocycles. The second kappa shape index (κ2) is 11.2. The average molecular weight is 449 g/mol. The van der Waals surface area contributed by atoms with Crippen LogP contribution in [0.4, 0.5) is 0 Å². The Labute approximate surface area is 193 Å². The van der Waals surface area contributed by atoms with Gasteiger partial charge in [0.2, 0.25) is 5.75 Å². The van der Waals surface area contributed by atoms with Crippen LogP contribution in [0.1, 0.15) is 44.0 Å². The molecule has 0 spiro atoms. The van der Waals surface area contributed by atoms with Crippen molar-refractivity contribution in [3.8, 4) is 17.2 Å². The predicted octanol–water partition coefficient (Wildman–Crippen LogP) is 6.09. The summed E-state index contributed by atoms with van der Waals surface area (Å²) in [6.45, 7) is 6.26. The molecule has 0 bridgehead atoms. The van der Waals surface area contributed by atoms with E-state index in [1.54, 1.807) is 48.5 Å². The summed E-state index contributed by atoms with van der Waals surface area (Å²) in [5.41, 5.74) is 2.23. The topological polar surface area (TPSA) is 75.0 Å². The number of esters is 1. The average Bonchev–Trinajstić information content (AvgIpc) is 2.80. The Bertz CT molecular complexity index is 1230. The van der Waals surface area contributed by atoms with Crippen LogP contribution in [-0.2, 0) is 0 Å². The lowest BCUT2D eigenvalue weighted by Gasteiger charge is -2.14. The first-order valence-corrected chi connectivity index (χ1v) is 10.7. The van der Waals surface area contributed by atoms with Crippen molar-refractivity contribution in [2.75, 3.05) is 13.7 Å². The number of fused-ring (bicyclic) bond motifs is 1. The number of carbonyl (C=O) groups excluding carboxylic acids is 1. The van der Waals surface area contributed by atoms with Crippen LogP contribution >= 0.6 is 0 Å². The van der Waals surface area contributed by atoms with Crippen LogP contribution in [0.15, 0.2) is 81.0 Å². The summed E-state index contributed by atoms with van der Waals surface area (Å²) in [5.74, 6) is -0.426. The Morgan fingerprint density at radius 1 is 0.970 bits per heavy atom. The fraction of sp³-hybridized carbons (Fsp3) is 0.259. The molecule has 0 saturated heterocycles. The maximum atomic E-state index is 12.8. The van der Waals surface area contributed by atoms with Crippen molar-refractivity contribution in [3.05, 3.63) is 87.8 Å². The summed E-state index contributed by atoms with van der Waals surface area (Å²) in [7, 11) is 1.49. The van der Waals surface area contributed by atoms with Crippen molar-refractivity contribution in [1.29, 1.82) is 0 Å². The lowest BCUT2D eigenvalue weighted by Crippen LogP contribution is -2.15. The molecule has 0 atom stereocenters. The summed E-state index contributed by atoms with van der Waals surface area (Å²) in [6.07, 6.45) is 5.88. The number of ether oxygens (including phenoxy) is 3. The minimum Gasteiger partial charge on any atom is -0.496 e. The molecule has 0 N–H and O–H groups in total. The van der Waals surface area contributed by atoms with Crippen molar-refractivity contribution >= 4 is 16.9 Å². The van der Waals surface area contributed by atoms with E-state index in [2.05, 4.69) is 19.9 Å². The van der Waals surface area contributed by atoms with Gasteiger partial charge in [-0.3, -0.25) is 0 Å². The molecule has 172 valence electrons. The highest BCUT2D eigenvalue weighted by Crippen LogP contribution is 2.39. The molecular formula is C27H28O6. The van der Waals surface area contributed by atoms with Gasteiger partial charge in [0, 0.05) is 0 Å². The van der Waals surface area contributed by atoms with Gasteiger partial charge in [-0.05, 0) is 64.0 Å². The number of rotatable bonds is 9. The molecule has 33 heavy (non-hydrogen) atoms. The molecule has 0 amide bonds. The van der Waals surface area contributed by atoms with Gasteiger partial charge >= 0.3 is 11.6 Å². The standard InChI is InChI=1S/C27H28O6/c1-18(2)10-8-11-19(3)16-17-31-25-24(33-26(28)20-12-6-5-7-13-20)23-21(30-4)14-9-15-22(23)32-27(25)29/h5-7,9-10,12-16H,8,11,17H2,1-4H3/b19-16+. The van der Waals surface area contributed by atoms with Crippen LogP contribution in [0.3, 0.4) is 0 Å². The van der Waals surface area contributed by atoms with E-state index in [-0.39, 0.29) is 23.7 Å². The van der Waals surface area contributed by atoms with Crippen LogP contribution in [0.2, 0.25) is 0 Å². The Morgan fingerprint density at radius 2 is 1.73 bits per heavy atom. The highest BCUT2D eigenvalue weighted by molar-refractivity contribution is 5.97. The third-order valence-corrected chi connectivity index (χ3v) is 4.98. The summed E-state index contributed by atoms with van der Waals surface area (Å²) in [4.78, 5) is 25.5. The SMILES string of the molecule is COc1cccc2oc(=O)c(OC/C=C(\C)CCC=C(C)C)c(OC(=O)c3ccccc3)c12. The second-order valence-corrected chi connectivity index (χ2v) is 7.82. The van der Waals surface area contributed by atoms with E-state index in [0.29, 0.717) is 16.7 Å². The van der Waals surface area contributed by atoms with Gasteiger partial charge in [-0.25, -0.2) is 9.59 Å². The van der Waals surface area contributed by atoms with Crippen molar-refractivity contribution < 1.29 is 23.4 Å². The molecule has 2 aromatic carbocycles. The molecule has 0 aliphatic rings. The summed E-state index contributed by atoms with van der Waals surface area (Å²) < 4.78 is 22.3. The molecule has 3 rings (SSSR count). The third kappa shape index (κ3) is 6.13. The van der Waals surface area contributed by atoms with Gasteiger partial charge in [-0.2, -0.15) is 0 Å². The Hall–Kier alpha value is -3.80. The van der Waals surface area contributed by atoms with Crippen molar-refractivity contribution in [2.24, 2.45) is 0 Å². The fourth-order valence-corrected chi connectivity index (χ4v) is 3.25. The van der Waals surface area contributed by atoms with E-state index in [1.807, 2.05) is 13.0 Å². The molecule has 0 unspecified atom stereocenters. The Morgan fingerprint density at radius 3 is 2.42 bits per heavy atom. The normalized spacial score (nSPS) is 11.2. The maximum absolute atomic E-state index is 12.8. The number of hydrogen-bond acceptors (Lipinski definition) is 6. The first-order valence-electron chi connectivity index (χ1n) is 10.7. The van der Waals surface area contributed by atoms with Crippen molar-refractivity contribution in [3.63, 3.8) is 0 Å². The highest BCUT2D eigenvalue weighted by Gasteiger charge is 2.23. The zero-order chi connectivity index (χ0) is 23.8. The van der Waals surface area contributed by atoms with E-state index in [0.717, 1.165) is 18.4 Å². The van der Waals surface area contributed by atoms with Crippen LogP contribution < -0.4 is 19.8 Å². The van der Waals surface area contributed by atoms with Gasteiger partial charge in [-0.15, -0.1) is 0 Å². The van der Waals surface area contributed by atoms with Gasteiger partial charge < -0.3 is 18.6 Å². The smallest absolute Gasteiger partial charge is 0.383 e. The Balaban J connectivity index is 1.97. The summed E-state index contributed by atoms with van der Waals surface area (Å²) >= 11 is 0. The quantitative estimate of drug-likeness (QED) is 0.224. The number of carbonyl (C=O) groups is 1. The van der Waals surface area contributed by atoms with Crippen LogP contribution in [0.5, 0.6) is 17.2 Å². The van der Waals surface area contributed by atoms with E-state index >= 15 is 0 Å². The number of allylic oxidation sites excluding steroid dienone is 3. The molecule has 0 aliphatic carbocycles. The second-order valence-electron chi connectivity index (χ2n) is 7.82. The minimum atomic E-state index is -0.734. The maximum Gasteiger partial charge on any atom is 0.383 e. The molecular weight excluding hydrogens is 420 g/mol. The molecule has 1 aromatic heterocycles. The predicted molar refractivity (Wildman–Crippen MR) is 128 cm³/mol. The minimum absolute atomic E-state index is 0.0249. The van der Waals surface area contributed by atoms with E-state index in [9.17, 15) is 9.59 Å². The fourth-order valence-electron chi connectivity index (χ4n) is 3.25. The van der Waals surface area contributed by atoms with Crippen molar-refractivity contribution in [2.45, 2.75) is 33.6 Å².